The summed E-state index contributed by atoms with van der Waals surface area (Å²) >= 11 is 12.3. The normalized spacial score (nSPS) is 17.6. The number of ether oxygens (including phenoxy) is 1. The highest BCUT2D eigenvalue weighted by atomic mass is 35.5. The van der Waals surface area contributed by atoms with Gasteiger partial charge in [0.2, 0.25) is 0 Å². The molecule has 1 heterocycles. The predicted molar refractivity (Wildman–Crippen MR) is 131 cm³/mol. The molecule has 0 bridgehead atoms. The van der Waals surface area contributed by atoms with Crippen molar-refractivity contribution in [2.24, 2.45) is 0 Å². The van der Waals surface area contributed by atoms with Crippen molar-refractivity contribution in [1.82, 2.24) is 9.80 Å². The molecule has 0 aliphatic carbocycles. The Morgan fingerprint density at radius 1 is 1.15 bits per heavy atom. The number of aliphatic hydroxyl groups excluding tert-OH is 1. The fourth-order valence-corrected chi connectivity index (χ4v) is 4.02. The molecule has 1 fully saturated rings. The van der Waals surface area contributed by atoms with Crippen LogP contribution in [0.1, 0.15) is 23.6 Å². The van der Waals surface area contributed by atoms with Gasteiger partial charge in [-0.1, -0.05) is 41.9 Å². The Bertz CT molecular complexity index is 1080. The maximum absolute atomic E-state index is 13.1. The van der Waals surface area contributed by atoms with Crippen LogP contribution in [0.4, 0.5) is 0 Å². The molecule has 2 aromatic carbocycles. The fourth-order valence-electron chi connectivity index (χ4n) is 3.72. The van der Waals surface area contributed by atoms with E-state index in [4.69, 9.17) is 27.9 Å². The maximum atomic E-state index is 13.1. The molecular formula is C25H26Cl2N2O4. The minimum Gasteiger partial charge on any atom is -0.507 e. The van der Waals surface area contributed by atoms with E-state index in [-0.39, 0.29) is 11.3 Å². The predicted octanol–water partition coefficient (Wildman–Crippen LogP) is 4.93. The van der Waals surface area contributed by atoms with Crippen molar-refractivity contribution in [3.63, 3.8) is 0 Å². The monoisotopic (exact) mass is 488 g/mol. The van der Waals surface area contributed by atoms with Crippen molar-refractivity contribution in [2.75, 3.05) is 33.8 Å². The van der Waals surface area contributed by atoms with Crippen LogP contribution in [0.25, 0.3) is 5.76 Å². The van der Waals surface area contributed by atoms with E-state index in [9.17, 15) is 14.7 Å². The van der Waals surface area contributed by atoms with Gasteiger partial charge in [0.25, 0.3) is 11.7 Å². The molecule has 0 radical (unpaired) electrons. The van der Waals surface area contributed by atoms with Gasteiger partial charge in [-0.05, 0) is 69.0 Å². The average molecular weight is 489 g/mol. The number of carbonyl (C=O) groups is 2. The van der Waals surface area contributed by atoms with E-state index >= 15 is 0 Å². The molecule has 1 N–H and O–H groups in total. The number of ketones is 1. The average Bonchev–Trinajstić information content (AvgIpc) is 3.04. The lowest BCUT2D eigenvalue weighted by molar-refractivity contribution is -0.139. The van der Waals surface area contributed by atoms with Gasteiger partial charge in [-0.2, -0.15) is 0 Å². The molecule has 33 heavy (non-hydrogen) atoms. The van der Waals surface area contributed by atoms with E-state index in [0.29, 0.717) is 46.5 Å². The molecule has 1 atom stereocenters. The van der Waals surface area contributed by atoms with Crippen LogP contribution in [0.5, 0.6) is 5.75 Å². The smallest absolute Gasteiger partial charge is 0.295 e. The Morgan fingerprint density at radius 2 is 1.85 bits per heavy atom. The first kappa shape index (κ1) is 24.8. The first-order chi connectivity index (χ1) is 15.7. The Labute approximate surface area is 203 Å². The molecule has 1 amide bonds. The SMILES string of the molecule is C=CCOc1ccc(C(O)=C2C(=O)C(=O)N(CCCN(C)C)[C@H]2c2ccc(Cl)c(Cl)c2)cc1. The first-order valence-electron chi connectivity index (χ1n) is 10.5. The second-order valence-electron chi connectivity index (χ2n) is 7.95. The number of hydrogen-bond acceptors (Lipinski definition) is 5. The maximum Gasteiger partial charge on any atom is 0.295 e. The summed E-state index contributed by atoms with van der Waals surface area (Å²) < 4.78 is 5.47. The van der Waals surface area contributed by atoms with Gasteiger partial charge in [0.05, 0.1) is 21.7 Å². The van der Waals surface area contributed by atoms with Gasteiger partial charge in [-0.15, -0.1) is 0 Å². The number of benzene rings is 2. The molecule has 8 heteroatoms. The molecule has 0 aromatic heterocycles. The van der Waals surface area contributed by atoms with E-state index < -0.39 is 17.7 Å². The molecule has 1 aliphatic heterocycles. The number of carbonyl (C=O) groups excluding carboxylic acids is 2. The van der Waals surface area contributed by atoms with Gasteiger partial charge in [-0.3, -0.25) is 9.59 Å². The molecular weight excluding hydrogens is 463 g/mol. The van der Waals surface area contributed by atoms with Crippen molar-refractivity contribution in [3.8, 4) is 5.75 Å². The number of likely N-dealkylation sites (tertiary alicyclic amines) is 1. The number of amides is 1. The summed E-state index contributed by atoms with van der Waals surface area (Å²) in [6.07, 6.45) is 2.29. The van der Waals surface area contributed by atoms with Crippen LogP contribution in [0.15, 0.2) is 60.7 Å². The Balaban J connectivity index is 2.05. The van der Waals surface area contributed by atoms with Crippen LogP contribution < -0.4 is 4.74 Å². The van der Waals surface area contributed by atoms with Crippen LogP contribution in [0.2, 0.25) is 10.0 Å². The molecule has 0 saturated carbocycles. The highest BCUT2D eigenvalue weighted by molar-refractivity contribution is 6.46. The lowest BCUT2D eigenvalue weighted by Crippen LogP contribution is -2.32. The molecule has 0 unspecified atom stereocenters. The first-order valence-corrected chi connectivity index (χ1v) is 11.2. The molecule has 3 rings (SSSR count). The minimum atomic E-state index is -0.779. The van der Waals surface area contributed by atoms with E-state index in [0.717, 1.165) is 6.54 Å². The van der Waals surface area contributed by atoms with E-state index in [1.165, 1.54) is 4.90 Å². The summed E-state index contributed by atoms with van der Waals surface area (Å²) in [6, 6.07) is 10.8. The Hall–Kier alpha value is -2.80. The van der Waals surface area contributed by atoms with Crippen molar-refractivity contribution in [1.29, 1.82) is 0 Å². The third-order valence-corrected chi connectivity index (χ3v) is 6.04. The molecule has 0 spiro atoms. The van der Waals surface area contributed by atoms with E-state index in [1.807, 2.05) is 19.0 Å². The van der Waals surface area contributed by atoms with Crippen molar-refractivity contribution < 1.29 is 19.4 Å². The van der Waals surface area contributed by atoms with Crippen molar-refractivity contribution >= 4 is 40.7 Å². The summed E-state index contributed by atoms with van der Waals surface area (Å²) in [7, 11) is 3.87. The highest BCUT2D eigenvalue weighted by Crippen LogP contribution is 2.41. The summed E-state index contributed by atoms with van der Waals surface area (Å²) in [5.74, 6) is -1.05. The number of halogens is 2. The topological polar surface area (TPSA) is 70.1 Å². The van der Waals surface area contributed by atoms with Gasteiger partial charge in [-0.25, -0.2) is 0 Å². The van der Waals surface area contributed by atoms with Gasteiger partial charge in [0, 0.05) is 12.1 Å². The number of rotatable bonds is 9. The third kappa shape index (κ3) is 5.58. The summed E-state index contributed by atoms with van der Waals surface area (Å²) in [5, 5.41) is 11.8. The van der Waals surface area contributed by atoms with Crippen molar-refractivity contribution in [2.45, 2.75) is 12.5 Å². The summed E-state index contributed by atoms with van der Waals surface area (Å²) in [5.41, 5.74) is 1.02. The standard InChI is InChI=1S/C25H26Cl2N2O4/c1-4-14-33-18-9-6-16(7-10-18)23(30)21-22(17-8-11-19(26)20(27)15-17)29(25(32)24(21)31)13-5-12-28(2)3/h4,6-11,15,22,30H,1,5,12-14H2,2-3H3/t22-/m0/s1. The molecule has 174 valence electrons. The molecule has 6 nitrogen and oxygen atoms in total. The van der Waals surface area contributed by atoms with Crippen LogP contribution in [0.3, 0.4) is 0 Å². The molecule has 1 saturated heterocycles. The number of aliphatic hydroxyl groups is 1. The summed E-state index contributed by atoms with van der Waals surface area (Å²) in [6.45, 7) is 5.04. The number of nitrogens with zero attached hydrogens (tertiary/aromatic N) is 2. The van der Waals surface area contributed by atoms with Crippen LogP contribution >= 0.6 is 23.2 Å². The van der Waals surface area contributed by atoms with Crippen LogP contribution in [-0.4, -0.2) is 60.4 Å². The molecule has 2 aromatic rings. The van der Waals surface area contributed by atoms with Crippen molar-refractivity contribution in [3.05, 3.63) is 81.9 Å². The number of hydrogen-bond donors (Lipinski definition) is 1. The van der Waals surface area contributed by atoms with Gasteiger partial charge in [0.1, 0.15) is 18.1 Å². The minimum absolute atomic E-state index is 0.0167. The van der Waals surface area contributed by atoms with Gasteiger partial charge in [0.15, 0.2) is 0 Å². The van der Waals surface area contributed by atoms with E-state index in [1.54, 1.807) is 48.5 Å². The zero-order valence-electron chi connectivity index (χ0n) is 18.6. The number of Topliss-reactive ketones (excluding diaryl/α,β-unsaturated/α-hetero) is 1. The zero-order valence-corrected chi connectivity index (χ0v) is 20.1. The molecule has 1 aliphatic rings. The fraction of sp³-hybridized carbons (Fsp3) is 0.280. The highest BCUT2D eigenvalue weighted by Gasteiger charge is 2.45. The zero-order chi connectivity index (χ0) is 24.1. The lowest BCUT2D eigenvalue weighted by Gasteiger charge is -2.26. The summed E-state index contributed by atoms with van der Waals surface area (Å²) in [4.78, 5) is 29.5. The Kier molecular flexibility index (Phi) is 8.19. The van der Waals surface area contributed by atoms with E-state index in [2.05, 4.69) is 6.58 Å². The quantitative estimate of drug-likeness (QED) is 0.234. The second kappa shape index (κ2) is 10.9. The van der Waals surface area contributed by atoms with Crippen LogP contribution in [-0.2, 0) is 9.59 Å². The third-order valence-electron chi connectivity index (χ3n) is 5.30. The second-order valence-corrected chi connectivity index (χ2v) is 8.76. The lowest BCUT2D eigenvalue weighted by atomic mass is 9.95. The largest absolute Gasteiger partial charge is 0.507 e. The van der Waals surface area contributed by atoms with Gasteiger partial charge < -0.3 is 19.6 Å². The van der Waals surface area contributed by atoms with Crippen LogP contribution in [0, 0.1) is 0 Å². The van der Waals surface area contributed by atoms with Gasteiger partial charge >= 0.3 is 0 Å². The Morgan fingerprint density at radius 3 is 2.45 bits per heavy atom.